The van der Waals surface area contributed by atoms with E-state index in [0.717, 1.165) is 27.4 Å². The highest BCUT2D eigenvalue weighted by Crippen LogP contribution is 2.29. The Morgan fingerprint density at radius 1 is 1.24 bits per heavy atom. The Hall–Kier alpha value is -1.03. The van der Waals surface area contributed by atoms with Crippen LogP contribution in [0.3, 0.4) is 0 Å². The fraction of sp³-hybridized carbons (Fsp3) is 0.294. The van der Waals surface area contributed by atoms with Crippen LogP contribution in [-0.2, 0) is 6.61 Å². The van der Waals surface area contributed by atoms with E-state index in [-0.39, 0.29) is 0 Å². The first kappa shape index (κ1) is 16.3. The maximum absolute atomic E-state index is 5.97. The van der Waals surface area contributed by atoms with Crippen LogP contribution >= 0.6 is 27.5 Å². The van der Waals surface area contributed by atoms with Gasteiger partial charge in [0.05, 0.1) is 4.47 Å². The monoisotopic (exact) mass is 367 g/mol. The second-order valence-corrected chi connectivity index (χ2v) is 6.18. The summed E-state index contributed by atoms with van der Waals surface area (Å²) in [4.78, 5) is 0. The van der Waals surface area contributed by atoms with Crippen molar-refractivity contribution >= 4 is 27.5 Å². The van der Waals surface area contributed by atoms with Crippen molar-refractivity contribution in [2.75, 3.05) is 6.54 Å². The zero-order valence-electron chi connectivity index (χ0n) is 12.2. The number of hydrogen-bond donors (Lipinski definition) is 1. The molecule has 0 saturated heterocycles. The van der Waals surface area contributed by atoms with Crippen LogP contribution in [0.1, 0.15) is 31.0 Å². The van der Waals surface area contributed by atoms with Gasteiger partial charge in [0.15, 0.2) is 0 Å². The molecule has 0 fully saturated rings. The molecule has 21 heavy (non-hydrogen) atoms. The average Bonchev–Trinajstić information content (AvgIpc) is 2.46. The first-order chi connectivity index (χ1) is 10.1. The number of benzene rings is 2. The molecule has 1 atom stereocenters. The molecule has 0 amide bonds. The van der Waals surface area contributed by atoms with E-state index in [1.165, 1.54) is 5.56 Å². The Balaban J connectivity index is 2.04. The quantitative estimate of drug-likeness (QED) is 0.742. The van der Waals surface area contributed by atoms with Gasteiger partial charge < -0.3 is 10.1 Å². The number of hydrogen-bond acceptors (Lipinski definition) is 2. The first-order valence-electron chi connectivity index (χ1n) is 7.00. The first-order valence-corrected chi connectivity index (χ1v) is 8.17. The van der Waals surface area contributed by atoms with Crippen LogP contribution in [0.2, 0.25) is 5.02 Å². The lowest BCUT2D eigenvalue weighted by Crippen LogP contribution is -2.17. The minimum absolute atomic E-state index is 0.327. The van der Waals surface area contributed by atoms with Gasteiger partial charge in [-0.1, -0.05) is 36.7 Å². The molecule has 0 radical (unpaired) electrons. The molecule has 0 bridgehead atoms. The van der Waals surface area contributed by atoms with Crippen LogP contribution in [-0.4, -0.2) is 6.54 Å². The van der Waals surface area contributed by atoms with Crippen molar-refractivity contribution in [2.24, 2.45) is 0 Å². The van der Waals surface area contributed by atoms with Gasteiger partial charge in [-0.05, 0) is 64.8 Å². The fourth-order valence-corrected chi connectivity index (χ4v) is 2.84. The summed E-state index contributed by atoms with van der Waals surface area (Å²) >= 11 is 9.55. The van der Waals surface area contributed by atoms with Crippen LogP contribution in [0.25, 0.3) is 0 Å². The summed E-state index contributed by atoms with van der Waals surface area (Å²) in [5.74, 6) is 0.836. The van der Waals surface area contributed by atoms with Crippen molar-refractivity contribution < 1.29 is 4.74 Å². The van der Waals surface area contributed by atoms with E-state index in [0.29, 0.717) is 12.6 Å². The summed E-state index contributed by atoms with van der Waals surface area (Å²) in [6.07, 6.45) is 0. The third-order valence-corrected chi connectivity index (χ3v) is 4.10. The molecular weight excluding hydrogens is 350 g/mol. The van der Waals surface area contributed by atoms with Crippen molar-refractivity contribution in [3.63, 3.8) is 0 Å². The summed E-state index contributed by atoms with van der Waals surface area (Å²) in [6.45, 7) is 5.71. The third-order valence-electron chi connectivity index (χ3n) is 3.25. The van der Waals surface area contributed by atoms with Gasteiger partial charge >= 0.3 is 0 Å². The van der Waals surface area contributed by atoms with Gasteiger partial charge in [0, 0.05) is 11.1 Å². The maximum atomic E-state index is 5.97. The van der Waals surface area contributed by atoms with Gasteiger partial charge in [0.25, 0.3) is 0 Å². The Labute approximate surface area is 139 Å². The molecular formula is C17H19BrClNO. The van der Waals surface area contributed by atoms with Gasteiger partial charge in [-0.2, -0.15) is 0 Å². The lowest BCUT2D eigenvalue weighted by Gasteiger charge is -2.15. The van der Waals surface area contributed by atoms with Crippen molar-refractivity contribution in [3.8, 4) is 5.75 Å². The molecule has 2 aromatic carbocycles. The average molecular weight is 369 g/mol. The van der Waals surface area contributed by atoms with E-state index < -0.39 is 0 Å². The number of nitrogens with one attached hydrogen (secondary N) is 1. The molecule has 0 aromatic heterocycles. The van der Waals surface area contributed by atoms with Crippen LogP contribution in [0, 0.1) is 0 Å². The molecule has 4 heteroatoms. The van der Waals surface area contributed by atoms with E-state index in [4.69, 9.17) is 16.3 Å². The van der Waals surface area contributed by atoms with Crippen LogP contribution in [0.15, 0.2) is 46.9 Å². The van der Waals surface area contributed by atoms with Crippen molar-refractivity contribution in [3.05, 3.63) is 63.1 Å². The van der Waals surface area contributed by atoms with Gasteiger partial charge in [0.1, 0.15) is 12.4 Å². The fourth-order valence-electron chi connectivity index (χ4n) is 2.12. The Morgan fingerprint density at radius 3 is 2.71 bits per heavy atom. The molecule has 0 aliphatic heterocycles. The van der Waals surface area contributed by atoms with Crippen molar-refractivity contribution in [1.82, 2.24) is 5.32 Å². The summed E-state index contributed by atoms with van der Waals surface area (Å²) in [6, 6.07) is 14.2. The zero-order valence-corrected chi connectivity index (χ0v) is 14.5. The van der Waals surface area contributed by atoms with Crippen LogP contribution in [0.5, 0.6) is 5.75 Å². The number of ether oxygens (including phenoxy) is 1. The molecule has 112 valence electrons. The summed E-state index contributed by atoms with van der Waals surface area (Å²) < 4.78 is 6.81. The molecule has 0 saturated carbocycles. The molecule has 0 aliphatic carbocycles. The Kier molecular flexibility index (Phi) is 6.09. The van der Waals surface area contributed by atoms with E-state index >= 15 is 0 Å². The topological polar surface area (TPSA) is 21.3 Å². The lowest BCUT2D eigenvalue weighted by atomic mass is 10.1. The van der Waals surface area contributed by atoms with E-state index in [2.05, 4.69) is 47.2 Å². The molecule has 1 N–H and O–H groups in total. The molecule has 2 rings (SSSR count). The summed E-state index contributed by atoms with van der Waals surface area (Å²) in [5, 5.41) is 4.12. The van der Waals surface area contributed by atoms with Crippen molar-refractivity contribution in [2.45, 2.75) is 26.5 Å². The standard InChI is InChI=1S/C17H19BrClNO/c1-3-20-12(2)14-7-8-17(16(18)10-14)21-11-13-5-4-6-15(19)9-13/h4-10,12,20H,3,11H2,1-2H3. The normalized spacial score (nSPS) is 12.2. The number of rotatable bonds is 6. The minimum atomic E-state index is 0.327. The highest BCUT2D eigenvalue weighted by Gasteiger charge is 2.08. The summed E-state index contributed by atoms with van der Waals surface area (Å²) in [7, 11) is 0. The highest BCUT2D eigenvalue weighted by atomic mass is 79.9. The molecule has 0 spiro atoms. The van der Waals surface area contributed by atoms with Crippen LogP contribution < -0.4 is 10.1 Å². The minimum Gasteiger partial charge on any atom is -0.488 e. The van der Waals surface area contributed by atoms with Crippen molar-refractivity contribution in [1.29, 1.82) is 0 Å². The Morgan fingerprint density at radius 2 is 2.05 bits per heavy atom. The zero-order chi connectivity index (χ0) is 15.2. The van der Waals surface area contributed by atoms with Gasteiger partial charge in [-0.3, -0.25) is 0 Å². The second-order valence-electron chi connectivity index (χ2n) is 4.89. The largest absolute Gasteiger partial charge is 0.488 e. The van der Waals surface area contributed by atoms with Gasteiger partial charge in [0.2, 0.25) is 0 Å². The number of halogens is 2. The predicted octanol–water partition coefficient (Wildman–Crippen LogP) is 5.35. The molecule has 2 aromatic rings. The Bertz CT molecular complexity index is 603. The molecule has 0 heterocycles. The predicted molar refractivity (Wildman–Crippen MR) is 92.0 cm³/mol. The molecule has 2 nitrogen and oxygen atoms in total. The van der Waals surface area contributed by atoms with E-state index in [9.17, 15) is 0 Å². The smallest absolute Gasteiger partial charge is 0.134 e. The van der Waals surface area contributed by atoms with E-state index in [1.54, 1.807) is 0 Å². The second kappa shape index (κ2) is 7.83. The molecule has 0 aliphatic rings. The highest BCUT2D eigenvalue weighted by molar-refractivity contribution is 9.10. The lowest BCUT2D eigenvalue weighted by molar-refractivity contribution is 0.304. The van der Waals surface area contributed by atoms with Crippen LogP contribution in [0.4, 0.5) is 0 Å². The van der Waals surface area contributed by atoms with Gasteiger partial charge in [-0.15, -0.1) is 0 Å². The molecule has 1 unspecified atom stereocenters. The van der Waals surface area contributed by atoms with Gasteiger partial charge in [-0.25, -0.2) is 0 Å². The van der Waals surface area contributed by atoms with E-state index in [1.807, 2.05) is 30.3 Å². The third kappa shape index (κ3) is 4.73. The maximum Gasteiger partial charge on any atom is 0.134 e. The SMILES string of the molecule is CCNC(C)c1ccc(OCc2cccc(Cl)c2)c(Br)c1. The summed E-state index contributed by atoms with van der Waals surface area (Å²) in [5.41, 5.74) is 2.29.